The van der Waals surface area contributed by atoms with Crippen LogP contribution in [-0.2, 0) is 28.7 Å². The highest BCUT2D eigenvalue weighted by Crippen LogP contribution is 2.59. The number of hydrogen-bond acceptors (Lipinski definition) is 8. The van der Waals surface area contributed by atoms with Gasteiger partial charge in [-0.2, -0.15) is 0 Å². The highest BCUT2D eigenvalue weighted by molar-refractivity contribution is 9.11. The molecule has 1 spiro atoms. The van der Waals surface area contributed by atoms with Gasteiger partial charge in [0.2, 0.25) is 11.8 Å². The van der Waals surface area contributed by atoms with Gasteiger partial charge in [0.05, 0.1) is 12.0 Å². The zero-order chi connectivity index (χ0) is 36.4. The molecule has 1 N–H and O–H groups in total. The van der Waals surface area contributed by atoms with Crippen LogP contribution in [0.25, 0.3) is 0 Å². The lowest BCUT2D eigenvalue weighted by atomic mass is 9.74. The molecule has 4 aliphatic heterocycles. The molecule has 0 radical (unpaired) electrons. The molecule has 4 aliphatic rings. The molecule has 2 aromatic carbocycles. The lowest BCUT2D eigenvalue weighted by Gasteiger charge is -2.36. The number of likely N-dealkylation sites (tertiary alicyclic amines) is 1. The third kappa shape index (κ3) is 6.62. The molecule has 11 nitrogen and oxygen atoms in total. The second-order valence-corrected chi connectivity index (χ2v) is 14.5. The van der Waals surface area contributed by atoms with Crippen molar-refractivity contribution in [1.82, 2.24) is 9.80 Å². The van der Waals surface area contributed by atoms with E-state index in [4.69, 9.17) is 9.47 Å². The number of halogens is 1. The van der Waals surface area contributed by atoms with E-state index in [1.165, 1.54) is 4.90 Å². The van der Waals surface area contributed by atoms with Crippen molar-refractivity contribution < 1.29 is 33.8 Å². The number of anilines is 2. The van der Waals surface area contributed by atoms with Crippen molar-refractivity contribution in [2.45, 2.75) is 69.9 Å². The van der Waals surface area contributed by atoms with E-state index in [0.29, 0.717) is 22.2 Å². The average molecular weight is 764 g/mol. The van der Waals surface area contributed by atoms with Gasteiger partial charge in [-0.15, -0.1) is 0 Å². The van der Waals surface area contributed by atoms with Crippen molar-refractivity contribution in [3.8, 4) is 0 Å². The fraction of sp³-hybridized carbons (Fsp3) is 0.487. The van der Waals surface area contributed by atoms with Crippen LogP contribution in [0.4, 0.5) is 11.4 Å². The number of benzene rings is 2. The maximum atomic E-state index is 15.1. The SMILES string of the molecule is CCN(CC)c1ccc(N2C/C=C\CCC(=O)N(C)[C@H](C)[C@@H](c3ccccc3)OC(=O)[C@@H]3[C@H]4O[C@@]5(C=C4Br)[C@H](C2=O)N(CCCO)C(=O)[C@@H]35)cc1. The van der Waals surface area contributed by atoms with Crippen LogP contribution in [0.5, 0.6) is 0 Å². The van der Waals surface area contributed by atoms with Crippen molar-refractivity contribution >= 4 is 51.0 Å². The first kappa shape index (κ1) is 36.8. The maximum Gasteiger partial charge on any atom is 0.313 e. The molecule has 0 saturated carbocycles. The van der Waals surface area contributed by atoms with Gasteiger partial charge in [-0.05, 0) is 69.5 Å². The smallest absolute Gasteiger partial charge is 0.313 e. The van der Waals surface area contributed by atoms with Gasteiger partial charge in [-0.1, -0.05) is 58.4 Å². The molecular formula is C39H47BrN4O7. The number of aliphatic hydroxyl groups is 1. The van der Waals surface area contributed by atoms with Crippen molar-refractivity contribution in [2.75, 3.05) is 49.6 Å². The van der Waals surface area contributed by atoms with Gasteiger partial charge < -0.3 is 34.2 Å². The molecular weight excluding hydrogens is 716 g/mol. The number of fused-ring (bicyclic) bond motifs is 2. The van der Waals surface area contributed by atoms with Crippen molar-refractivity contribution in [3.05, 3.63) is 82.9 Å². The topological polar surface area (TPSA) is 120 Å². The minimum absolute atomic E-state index is 0.104. The Morgan fingerprint density at radius 1 is 0.961 bits per heavy atom. The summed E-state index contributed by atoms with van der Waals surface area (Å²) in [4.78, 5) is 64.4. The maximum absolute atomic E-state index is 15.1. The first-order valence-electron chi connectivity index (χ1n) is 17.9. The second kappa shape index (κ2) is 15.3. The minimum Gasteiger partial charge on any atom is -0.455 e. The minimum atomic E-state index is -1.45. The van der Waals surface area contributed by atoms with Crippen LogP contribution in [0.3, 0.4) is 0 Å². The molecule has 5 bridgehead atoms. The van der Waals surface area contributed by atoms with E-state index in [1.807, 2.05) is 73.7 Å². The molecule has 2 saturated heterocycles. The van der Waals surface area contributed by atoms with Crippen LogP contribution in [0.15, 0.2) is 77.3 Å². The summed E-state index contributed by atoms with van der Waals surface area (Å²) < 4.78 is 13.5. The van der Waals surface area contributed by atoms with E-state index < -0.39 is 53.6 Å². The largest absolute Gasteiger partial charge is 0.455 e. The lowest BCUT2D eigenvalue weighted by Crippen LogP contribution is -2.56. The summed E-state index contributed by atoms with van der Waals surface area (Å²) in [6, 6.07) is 15.4. The van der Waals surface area contributed by atoms with E-state index in [9.17, 15) is 19.5 Å². The van der Waals surface area contributed by atoms with Gasteiger partial charge in [0.1, 0.15) is 29.8 Å². The predicted octanol–water partition coefficient (Wildman–Crippen LogP) is 4.60. The quantitative estimate of drug-likeness (QED) is 0.306. The summed E-state index contributed by atoms with van der Waals surface area (Å²) in [7, 11) is 1.70. The number of nitrogens with zero attached hydrogens (tertiary/aromatic N) is 4. The number of ether oxygens (including phenoxy) is 2. The Hall–Kier alpha value is -4.00. The summed E-state index contributed by atoms with van der Waals surface area (Å²) in [6.45, 7) is 7.78. The molecule has 2 fully saturated rings. The highest BCUT2D eigenvalue weighted by atomic mass is 79.9. The van der Waals surface area contributed by atoms with Crippen LogP contribution < -0.4 is 9.80 Å². The third-order valence-electron chi connectivity index (χ3n) is 10.8. The number of cyclic esters (lactones) is 1. The van der Waals surface area contributed by atoms with Gasteiger partial charge in [-0.3, -0.25) is 19.2 Å². The Morgan fingerprint density at radius 2 is 1.67 bits per heavy atom. The number of hydrogen-bond donors (Lipinski definition) is 1. The van der Waals surface area contributed by atoms with Gasteiger partial charge >= 0.3 is 5.97 Å². The van der Waals surface area contributed by atoms with Crippen molar-refractivity contribution in [3.63, 3.8) is 0 Å². The van der Waals surface area contributed by atoms with E-state index in [1.54, 1.807) is 22.9 Å². The van der Waals surface area contributed by atoms with E-state index >= 15 is 4.79 Å². The fourth-order valence-corrected chi connectivity index (χ4v) is 8.79. The monoisotopic (exact) mass is 762 g/mol. The number of aliphatic hydroxyl groups excluding tert-OH is 1. The molecule has 3 amide bonds. The molecule has 0 aromatic heterocycles. The second-order valence-electron chi connectivity index (χ2n) is 13.6. The Balaban J connectivity index is 1.46. The van der Waals surface area contributed by atoms with Crippen molar-refractivity contribution in [2.24, 2.45) is 11.8 Å². The van der Waals surface area contributed by atoms with Gasteiger partial charge in [0.15, 0.2) is 0 Å². The van der Waals surface area contributed by atoms with Gasteiger partial charge in [-0.25, -0.2) is 0 Å². The number of allylic oxidation sites excluding steroid dienone is 1. The lowest BCUT2D eigenvalue weighted by molar-refractivity contribution is -0.164. The molecule has 7 atom stereocenters. The van der Waals surface area contributed by atoms with Gasteiger partial charge in [0.25, 0.3) is 5.91 Å². The number of carbonyl (C=O) groups is 4. The summed E-state index contributed by atoms with van der Waals surface area (Å²) in [5, 5.41) is 9.82. The average Bonchev–Trinajstić information content (AvgIpc) is 3.73. The molecule has 6 rings (SSSR count). The first-order chi connectivity index (χ1) is 24.6. The third-order valence-corrected chi connectivity index (χ3v) is 11.5. The number of esters is 1. The van der Waals surface area contributed by atoms with E-state index in [0.717, 1.165) is 18.8 Å². The predicted molar refractivity (Wildman–Crippen MR) is 197 cm³/mol. The molecule has 272 valence electrons. The zero-order valence-electron chi connectivity index (χ0n) is 29.6. The Labute approximate surface area is 308 Å². The molecule has 12 heteroatoms. The number of rotatable bonds is 8. The highest BCUT2D eigenvalue weighted by Gasteiger charge is 2.75. The van der Waals surface area contributed by atoms with E-state index in [2.05, 4.69) is 34.7 Å². The Kier molecular flexibility index (Phi) is 11.0. The summed E-state index contributed by atoms with van der Waals surface area (Å²) >= 11 is 3.62. The zero-order valence-corrected chi connectivity index (χ0v) is 31.2. The van der Waals surface area contributed by atoms with E-state index in [-0.39, 0.29) is 44.4 Å². The first-order valence-corrected chi connectivity index (χ1v) is 18.7. The van der Waals surface area contributed by atoms with Crippen LogP contribution in [-0.4, -0.2) is 102 Å². The fourth-order valence-electron chi connectivity index (χ4n) is 8.05. The van der Waals surface area contributed by atoms with Crippen LogP contribution in [0.2, 0.25) is 0 Å². The normalized spacial score (nSPS) is 30.4. The Bertz CT molecular complexity index is 1680. The molecule has 0 aliphatic carbocycles. The number of amides is 3. The van der Waals surface area contributed by atoms with Gasteiger partial charge in [0, 0.05) is 62.1 Å². The number of carbonyl (C=O) groups excluding carboxylic acids is 4. The summed E-state index contributed by atoms with van der Waals surface area (Å²) in [5.41, 5.74) is 0.916. The van der Waals surface area contributed by atoms with Crippen molar-refractivity contribution in [1.29, 1.82) is 0 Å². The standard InChI is InChI=1S/C39H47BrN4O7/c1-5-42(6-2)27-17-19-28(20-18-27)43-21-12-8-11-16-30(46)41(4)25(3)33(26-14-9-7-10-15-26)50-38(49)31-32-36(47)44(22-13-23-45)35(37(43)48)39(32)24-29(40)34(31)51-39/h7-10,12,14-15,17-20,24-25,31-35,45H,5-6,11,13,16,21-23H2,1-4H3/b12-8-/t25-,31+,32-,33+,34+,35+,39-/m1/s1. The molecule has 2 aromatic rings. The van der Waals surface area contributed by atoms with Crippen LogP contribution in [0.1, 0.15) is 51.7 Å². The number of likely N-dealkylation sites (N-methyl/N-ethyl adjacent to an activating group) is 1. The van der Waals surface area contributed by atoms with Crippen LogP contribution >= 0.6 is 15.9 Å². The molecule has 4 heterocycles. The summed E-state index contributed by atoms with van der Waals surface area (Å²) in [6.07, 6.45) is 4.78. The molecule has 51 heavy (non-hydrogen) atoms. The summed E-state index contributed by atoms with van der Waals surface area (Å²) in [5.74, 6) is -3.61. The van der Waals surface area contributed by atoms with Crippen LogP contribution in [0, 0.1) is 11.8 Å². The Morgan fingerprint density at radius 3 is 2.33 bits per heavy atom. The molecule has 0 unspecified atom stereocenters.